The number of aromatic nitrogens is 2. The fraction of sp³-hybridized carbons (Fsp3) is 0.500. The Labute approximate surface area is 125 Å². The summed E-state index contributed by atoms with van der Waals surface area (Å²) in [5.74, 6) is 2.36. The molecule has 0 radical (unpaired) electrons. The summed E-state index contributed by atoms with van der Waals surface area (Å²) in [5, 5.41) is 7.17. The largest absolute Gasteiger partial charge is 0.494 e. The Morgan fingerprint density at radius 1 is 1.24 bits per heavy atom. The molecular formula is C16H23N3O2. The van der Waals surface area contributed by atoms with Crippen LogP contribution in [0.5, 0.6) is 5.75 Å². The summed E-state index contributed by atoms with van der Waals surface area (Å²) < 4.78 is 10.7. The van der Waals surface area contributed by atoms with Gasteiger partial charge in [-0.2, -0.15) is 4.98 Å². The second-order valence-corrected chi connectivity index (χ2v) is 5.08. The number of hydrogen-bond donors (Lipinski definition) is 1. The summed E-state index contributed by atoms with van der Waals surface area (Å²) in [5.41, 5.74) is 1.24. The molecule has 1 N–H and O–H groups in total. The van der Waals surface area contributed by atoms with Crippen molar-refractivity contribution in [2.45, 2.75) is 39.2 Å². The molecule has 21 heavy (non-hydrogen) atoms. The van der Waals surface area contributed by atoms with Gasteiger partial charge in [-0.3, -0.25) is 0 Å². The van der Waals surface area contributed by atoms with Crippen molar-refractivity contribution in [3.63, 3.8) is 0 Å². The molecule has 114 valence electrons. The Balaban J connectivity index is 1.85. The van der Waals surface area contributed by atoms with E-state index < -0.39 is 0 Å². The van der Waals surface area contributed by atoms with E-state index in [9.17, 15) is 0 Å². The second kappa shape index (κ2) is 7.78. The number of aryl methyl sites for hydroxylation is 2. The molecule has 0 aliphatic rings. The topological polar surface area (TPSA) is 60.2 Å². The zero-order valence-corrected chi connectivity index (χ0v) is 12.9. The highest BCUT2D eigenvalue weighted by Gasteiger charge is 2.09. The number of hydrogen-bond acceptors (Lipinski definition) is 5. The third kappa shape index (κ3) is 4.86. The van der Waals surface area contributed by atoms with Crippen LogP contribution in [-0.2, 0) is 19.3 Å². The Kier molecular flexibility index (Phi) is 5.75. The molecule has 1 aromatic carbocycles. The summed E-state index contributed by atoms with van der Waals surface area (Å²) in [6.45, 7) is 4.76. The van der Waals surface area contributed by atoms with E-state index in [1.807, 2.05) is 26.1 Å². The molecule has 2 rings (SSSR count). The van der Waals surface area contributed by atoms with Crippen LogP contribution >= 0.6 is 0 Å². The van der Waals surface area contributed by atoms with Gasteiger partial charge in [-0.25, -0.2) is 0 Å². The Morgan fingerprint density at radius 3 is 2.67 bits per heavy atom. The van der Waals surface area contributed by atoms with Gasteiger partial charge in [0.1, 0.15) is 5.75 Å². The minimum Gasteiger partial charge on any atom is -0.494 e. The molecule has 1 heterocycles. The van der Waals surface area contributed by atoms with Crippen LogP contribution in [0.25, 0.3) is 0 Å². The van der Waals surface area contributed by atoms with Crippen molar-refractivity contribution in [1.29, 1.82) is 0 Å². The molecule has 5 heteroatoms. The van der Waals surface area contributed by atoms with Crippen molar-refractivity contribution < 1.29 is 9.26 Å². The van der Waals surface area contributed by atoms with Gasteiger partial charge in [0.05, 0.1) is 6.61 Å². The summed E-state index contributed by atoms with van der Waals surface area (Å²) in [4.78, 5) is 4.42. The van der Waals surface area contributed by atoms with Crippen molar-refractivity contribution >= 4 is 0 Å². The van der Waals surface area contributed by atoms with Crippen LogP contribution in [0.1, 0.15) is 31.1 Å². The van der Waals surface area contributed by atoms with Gasteiger partial charge in [-0.15, -0.1) is 0 Å². The van der Waals surface area contributed by atoms with Gasteiger partial charge < -0.3 is 14.6 Å². The number of benzene rings is 1. The summed E-state index contributed by atoms with van der Waals surface area (Å²) in [6, 6.07) is 8.48. The van der Waals surface area contributed by atoms with Crippen LogP contribution in [0.2, 0.25) is 0 Å². The van der Waals surface area contributed by atoms with Gasteiger partial charge in [0.15, 0.2) is 5.82 Å². The molecule has 0 aliphatic heterocycles. The van der Waals surface area contributed by atoms with Crippen LogP contribution in [0.15, 0.2) is 28.8 Å². The number of nitrogens with one attached hydrogen (secondary N) is 1. The van der Waals surface area contributed by atoms with Crippen LogP contribution in [0.3, 0.4) is 0 Å². The van der Waals surface area contributed by atoms with Crippen molar-refractivity contribution in [2.24, 2.45) is 0 Å². The van der Waals surface area contributed by atoms with Gasteiger partial charge in [-0.1, -0.05) is 17.3 Å². The van der Waals surface area contributed by atoms with Crippen molar-refractivity contribution in [2.75, 3.05) is 13.7 Å². The van der Waals surface area contributed by atoms with Gasteiger partial charge in [0.25, 0.3) is 0 Å². The lowest BCUT2D eigenvalue weighted by Gasteiger charge is -2.04. The molecule has 5 nitrogen and oxygen atoms in total. The third-order valence-corrected chi connectivity index (χ3v) is 3.35. The smallest absolute Gasteiger partial charge is 0.226 e. The minimum absolute atomic E-state index is 0.349. The fourth-order valence-electron chi connectivity index (χ4n) is 2.02. The Bertz CT molecular complexity index is 537. The normalized spacial score (nSPS) is 12.3. The average molecular weight is 289 g/mol. The van der Waals surface area contributed by atoms with Gasteiger partial charge in [0.2, 0.25) is 5.89 Å². The molecule has 1 atom stereocenters. The highest BCUT2D eigenvalue weighted by molar-refractivity contribution is 5.27. The fourth-order valence-corrected chi connectivity index (χ4v) is 2.02. The minimum atomic E-state index is 0.349. The summed E-state index contributed by atoms with van der Waals surface area (Å²) in [6.07, 6.45) is 2.42. The second-order valence-electron chi connectivity index (χ2n) is 5.08. The summed E-state index contributed by atoms with van der Waals surface area (Å²) in [7, 11) is 1.93. The summed E-state index contributed by atoms with van der Waals surface area (Å²) >= 11 is 0. The van der Waals surface area contributed by atoms with Crippen LogP contribution in [-0.4, -0.2) is 29.8 Å². The number of rotatable bonds is 8. The maximum atomic E-state index is 5.43. The SMILES string of the molecule is CCOc1ccc(CCc2nc(CC(C)NC)no2)cc1. The molecule has 2 aromatic rings. The van der Waals surface area contributed by atoms with E-state index in [0.29, 0.717) is 18.5 Å². The van der Waals surface area contributed by atoms with E-state index >= 15 is 0 Å². The van der Waals surface area contributed by atoms with Crippen molar-refractivity contribution in [3.8, 4) is 5.75 Å². The van der Waals surface area contributed by atoms with Crippen LogP contribution in [0, 0.1) is 0 Å². The van der Waals surface area contributed by atoms with E-state index in [2.05, 4.69) is 34.5 Å². The maximum Gasteiger partial charge on any atom is 0.226 e. The van der Waals surface area contributed by atoms with Crippen LogP contribution in [0.4, 0.5) is 0 Å². The molecule has 0 saturated heterocycles. The lowest BCUT2D eigenvalue weighted by atomic mass is 10.1. The van der Waals surface area contributed by atoms with E-state index in [4.69, 9.17) is 9.26 Å². The number of likely N-dealkylation sites (N-methyl/N-ethyl adjacent to an activating group) is 1. The van der Waals surface area contributed by atoms with Crippen molar-refractivity contribution in [3.05, 3.63) is 41.5 Å². The standard InChI is InChI=1S/C16H23N3O2/c1-4-20-14-8-5-13(6-9-14)7-10-16-18-15(19-21-16)11-12(2)17-3/h5-6,8-9,12,17H,4,7,10-11H2,1-3H3. The van der Waals surface area contributed by atoms with Gasteiger partial charge >= 0.3 is 0 Å². The van der Waals surface area contributed by atoms with E-state index in [-0.39, 0.29) is 0 Å². The molecule has 0 bridgehead atoms. The Morgan fingerprint density at radius 2 is 2.00 bits per heavy atom. The van der Waals surface area contributed by atoms with E-state index in [0.717, 1.165) is 30.8 Å². The first-order valence-electron chi connectivity index (χ1n) is 7.41. The van der Waals surface area contributed by atoms with Gasteiger partial charge in [0, 0.05) is 18.9 Å². The number of nitrogens with zero attached hydrogens (tertiary/aromatic N) is 2. The monoisotopic (exact) mass is 289 g/mol. The van der Waals surface area contributed by atoms with Gasteiger partial charge in [-0.05, 0) is 45.0 Å². The lowest BCUT2D eigenvalue weighted by molar-refractivity contribution is 0.340. The Hall–Kier alpha value is -1.88. The predicted molar refractivity (Wildman–Crippen MR) is 81.5 cm³/mol. The third-order valence-electron chi connectivity index (χ3n) is 3.35. The highest BCUT2D eigenvalue weighted by Crippen LogP contribution is 2.14. The molecule has 1 unspecified atom stereocenters. The van der Waals surface area contributed by atoms with Crippen LogP contribution < -0.4 is 10.1 Å². The first kappa shape index (κ1) is 15.5. The first-order chi connectivity index (χ1) is 10.2. The molecule has 1 aromatic heterocycles. The van der Waals surface area contributed by atoms with E-state index in [1.165, 1.54) is 5.56 Å². The molecular weight excluding hydrogens is 266 g/mol. The first-order valence-corrected chi connectivity index (χ1v) is 7.41. The quantitative estimate of drug-likeness (QED) is 0.808. The highest BCUT2D eigenvalue weighted by atomic mass is 16.5. The molecule has 0 spiro atoms. The lowest BCUT2D eigenvalue weighted by Crippen LogP contribution is -2.24. The van der Waals surface area contributed by atoms with Crippen molar-refractivity contribution in [1.82, 2.24) is 15.5 Å². The molecule has 0 aliphatic carbocycles. The zero-order chi connectivity index (χ0) is 15.1. The average Bonchev–Trinajstić information content (AvgIpc) is 2.94. The molecule has 0 fully saturated rings. The number of ether oxygens (including phenoxy) is 1. The zero-order valence-electron chi connectivity index (χ0n) is 12.9. The predicted octanol–water partition coefficient (Wildman–Crippen LogP) is 2.40. The molecule has 0 saturated carbocycles. The maximum absolute atomic E-state index is 5.43. The van der Waals surface area contributed by atoms with E-state index in [1.54, 1.807) is 0 Å². The molecule has 0 amide bonds.